The third kappa shape index (κ3) is 3.37. The van der Waals surface area contributed by atoms with Crippen molar-refractivity contribution in [1.82, 2.24) is 4.90 Å². The van der Waals surface area contributed by atoms with Crippen LogP contribution in [0.15, 0.2) is 12.1 Å². The van der Waals surface area contributed by atoms with E-state index < -0.39 is 0 Å². The molecule has 1 aliphatic carbocycles. The number of nitrogens with two attached hydrogens (primary N) is 1. The van der Waals surface area contributed by atoms with Gasteiger partial charge in [-0.2, -0.15) is 0 Å². The summed E-state index contributed by atoms with van der Waals surface area (Å²) < 4.78 is 0. The van der Waals surface area contributed by atoms with Gasteiger partial charge in [-0.15, -0.1) is 11.3 Å². The Bertz CT molecular complexity index is 389. The van der Waals surface area contributed by atoms with E-state index in [4.69, 9.17) is 5.73 Å². The number of hydrogen-bond acceptors (Lipinski definition) is 4. The van der Waals surface area contributed by atoms with Gasteiger partial charge < -0.3 is 10.8 Å². The zero-order valence-corrected chi connectivity index (χ0v) is 12.8. The maximum atomic E-state index is 9.38. The summed E-state index contributed by atoms with van der Waals surface area (Å²) in [5, 5.41) is 9.38. The molecule has 0 amide bonds. The van der Waals surface area contributed by atoms with Crippen LogP contribution in [0.2, 0.25) is 0 Å². The minimum absolute atomic E-state index is 0.144. The van der Waals surface area contributed by atoms with E-state index in [1.54, 1.807) is 0 Å². The Balaban J connectivity index is 2.23. The van der Waals surface area contributed by atoms with Gasteiger partial charge in [0.2, 0.25) is 0 Å². The molecule has 0 aromatic carbocycles. The third-order valence-electron chi connectivity index (χ3n) is 4.19. The smallest absolute Gasteiger partial charge is 0.0596 e. The number of thiophene rings is 1. The van der Waals surface area contributed by atoms with Crippen molar-refractivity contribution >= 4 is 11.3 Å². The van der Waals surface area contributed by atoms with Crippen molar-refractivity contribution in [3.63, 3.8) is 0 Å². The second kappa shape index (κ2) is 6.84. The first-order valence-electron chi connectivity index (χ1n) is 7.35. The molecule has 1 aromatic rings. The van der Waals surface area contributed by atoms with Gasteiger partial charge in [-0.25, -0.2) is 0 Å². The van der Waals surface area contributed by atoms with Gasteiger partial charge in [0.05, 0.1) is 12.6 Å². The zero-order valence-electron chi connectivity index (χ0n) is 12.0. The molecule has 3 nitrogen and oxygen atoms in total. The molecule has 1 aliphatic rings. The van der Waals surface area contributed by atoms with E-state index in [0.29, 0.717) is 6.04 Å². The summed E-state index contributed by atoms with van der Waals surface area (Å²) >= 11 is 1.84. The lowest BCUT2D eigenvalue weighted by Gasteiger charge is -2.44. The van der Waals surface area contributed by atoms with Gasteiger partial charge in [0, 0.05) is 28.4 Å². The van der Waals surface area contributed by atoms with Crippen LogP contribution >= 0.6 is 11.3 Å². The largest absolute Gasteiger partial charge is 0.395 e. The van der Waals surface area contributed by atoms with Crippen molar-refractivity contribution in [2.24, 2.45) is 5.73 Å². The highest BCUT2D eigenvalue weighted by Crippen LogP contribution is 2.36. The topological polar surface area (TPSA) is 49.5 Å². The predicted octanol–water partition coefficient (Wildman–Crippen LogP) is 2.68. The van der Waals surface area contributed by atoms with Crippen LogP contribution in [-0.4, -0.2) is 35.2 Å². The molecule has 2 unspecified atom stereocenters. The van der Waals surface area contributed by atoms with E-state index >= 15 is 0 Å². The fraction of sp³-hybridized carbons (Fsp3) is 0.733. The lowest BCUT2D eigenvalue weighted by atomic mass is 9.88. The highest BCUT2D eigenvalue weighted by molar-refractivity contribution is 7.12. The average Bonchev–Trinajstić information content (AvgIpc) is 2.73. The van der Waals surface area contributed by atoms with E-state index in [1.807, 2.05) is 11.3 Å². The molecular weight excluding hydrogens is 256 g/mol. The Morgan fingerprint density at radius 1 is 1.47 bits per heavy atom. The van der Waals surface area contributed by atoms with E-state index in [9.17, 15) is 5.11 Å². The second-order valence-electron chi connectivity index (χ2n) is 5.51. The molecule has 1 aromatic heterocycles. The predicted molar refractivity (Wildman–Crippen MR) is 81.5 cm³/mol. The lowest BCUT2D eigenvalue weighted by Crippen LogP contribution is -2.49. The number of hydrogen-bond donors (Lipinski definition) is 2. The summed E-state index contributed by atoms with van der Waals surface area (Å²) in [6, 6.07) is 5.40. The van der Waals surface area contributed by atoms with Crippen LogP contribution in [0.5, 0.6) is 0 Å². The molecule has 0 bridgehead atoms. The number of rotatable bonds is 7. The van der Waals surface area contributed by atoms with Crippen molar-refractivity contribution < 1.29 is 5.11 Å². The monoisotopic (exact) mass is 282 g/mol. The van der Waals surface area contributed by atoms with Gasteiger partial charge in [-0.05, 0) is 38.3 Å². The van der Waals surface area contributed by atoms with E-state index in [-0.39, 0.29) is 18.7 Å². The van der Waals surface area contributed by atoms with E-state index in [0.717, 1.165) is 13.0 Å². The van der Waals surface area contributed by atoms with Crippen molar-refractivity contribution in [2.75, 3.05) is 13.2 Å². The lowest BCUT2D eigenvalue weighted by molar-refractivity contribution is 0.0488. The minimum atomic E-state index is 0.144. The molecule has 0 saturated heterocycles. The Kier molecular flexibility index (Phi) is 5.39. The highest BCUT2D eigenvalue weighted by Gasteiger charge is 2.34. The van der Waals surface area contributed by atoms with Crippen LogP contribution in [-0.2, 0) is 0 Å². The van der Waals surface area contributed by atoms with Crippen LogP contribution in [0, 0.1) is 6.92 Å². The maximum Gasteiger partial charge on any atom is 0.0596 e. The summed E-state index contributed by atoms with van der Waals surface area (Å²) in [6.07, 6.45) is 4.77. The molecule has 3 N–H and O–H groups in total. The maximum absolute atomic E-state index is 9.38. The third-order valence-corrected chi connectivity index (χ3v) is 5.26. The summed E-state index contributed by atoms with van der Waals surface area (Å²) in [4.78, 5) is 5.14. The molecule has 108 valence electrons. The first-order chi connectivity index (χ1) is 9.17. The van der Waals surface area contributed by atoms with E-state index in [2.05, 4.69) is 30.9 Å². The molecule has 1 saturated carbocycles. The standard InChI is InChI=1S/C15H26N2OS/c1-3-13(16)15(14-8-7-11(2)19-14)17(9-10-18)12-5-4-6-12/h7-8,12-13,15,18H,3-6,9-10,16H2,1-2H3. The van der Waals surface area contributed by atoms with Crippen molar-refractivity contribution in [3.05, 3.63) is 21.9 Å². The normalized spacial score (nSPS) is 19.4. The van der Waals surface area contributed by atoms with Gasteiger partial charge in [0.15, 0.2) is 0 Å². The average molecular weight is 282 g/mol. The second-order valence-corrected chi connectivity index (χ2v) is 6.83. The SMILES string of the molecule is CCC(N)C(c1ccc(C)s1)N(CCO)C1CCC1. The number of aliphatic hydroxyl groups excluding tert-OH is 1. The Hall–Kier alpha value is -0.420. The fourth-order valence-electron chi connectivity index (χ4n) is 2.84. The molecule has 0 radical (unpaired) electrons. The molecule has 2 rings (SSSR count). The summed E-state index contributed by atoms with van der Waals surface area (Å²) in [5.74, 6) is 0. The Labute approximate surface area is 120 Å². The Morgan fingerprint density at radius 2 is 2.21 bits per heavy atom. The zero-order chi connectivity index (χ0) is 13.8. The summed E-state index contributed by atoms with van der Waals surface area (Å²) in [7, 11) is 0. The molecule has 4 heteroatoms. The molecule has 19 heavy (non-hydrogen) atoms. The molecule has 1 fully saturated rings. The number of aliphatic hydroxyl groups is 1. The van der Waals surface area contributed by atoms with Crippen LogP contribution in [0.4, 0.5) is 0 Å². The summed E-state index contributed by atoms with van der Waals surface area (Å²) in [5.41, 5.74) is 6.39. The Morgan fingerprint density at radius 3 is 2.63 bits per heavy atom. The van der Waals surface area contributed by atoms with Gasteiger partial charge in [-0.3, -0.25) is 4.90 Å². The summed E-state index contributed by atoms with van der Waals surface area (Å²) in [6.45, 7) is 5.24. The van der Waals surface area contributed by atoms with Crippen molar-refractivity contribution in [1.29, 1.82) is 0 Å². The highest BCUT2D eigenvalue weighted by atomic mass is 32.1. The number of nitrogens with zero attached hydrogens (tertiary/aromatic N) is 1. The first kappa shape index (κ1) is 15.0. The molecular formula is C15H26N2OS. The van der Waals surface area contributed by atoms with Crippen LogP contribution in [0.1, 0.15) is 48.4 Å². The number of aryl methyl sites for hydroxylation is 1. The van der Waals surface area contributed by atoms with Crippen molar-refractivity contribution in [2.45, 2.75) is 57.7 Å². The van der Waals surface area contributed by atoms with Crippen molar-refractivity contribution in [3.8, 4) is 0 Å². The van der Waals surface area contributed by atoms with E-state index in [1.165, 1.54) is 29.0 Å². The van der Waals surface area contributed by atoms with Crippen LogP contribution in [0.25, 0.3) is 0 Å². The first-order valence-corrected chi connectivity index (χ1v) is 8.17. The molecule has 0 spiro atoms. The minimum Gasteiger partial charge on any atom is -0.395 e. The quantitative estimate of drug-likeness (QED) is 0.808. The molecule has 0 aliphatic heterocycles. The van der Waals surface area contributed by atoms with Crippen LogP contribution in [0.3, 0.4) is 0 Å². The fourth-order valence-corrected chi connectivity index (χ4v) is 3.91. The van der Waals surface area contributed by atoms with Gasteiger partial charge in [0.1, 0.15) is 0 Å². The molecule has 2 atom stereocenters. The van der Waals surface area contributed by atoms with Crippen LogP contribution < -0.4 is 5.73 Å². The van der Waals surface area contributed by atoms with Gasteiger partial charge >= 0.3 is 0 Å². The molecule has 1 heterocycles. The van der Waals surface area contributed by atoms with Gasteiger partial charge in [-0.1, -0.05) is 13.3 Å². The van der Waals surface area contributed by atoms with Gasteiger partial charge in [0.25, 0.3) is 0 Å².